The first-order valence-corrected chi connectivity index (χ1v) is 16.2. The first-order chi connectivity index (χ1) is 23.5. The molecule has 0 atom stereocenters. The number of benzene rings is 5. The summed E-state index contributed by atoms with van der Waals surface area (Å²) in [5.41, 5.74) is 15.3. The lowest BCUT2D eigenvalue weighted by atomic mass is 9.81. The largest absolute Gasteiger partial charge is 0.454 e. The van der Waals surface area contributed by atoms with Crippen molar-refractivity contribution in [1.29, 1.82) is 0 Å². The molecule has 1 aliphatic rings. The molecule has 0 bridgehead atoms. The van der Waals surface area contributed by atoms with Gasteiger partial charge in [0.25, 0.3) is 0 Å². The SMILES string of the molecule is CC1(C)c2ccccc2-c2cc(-c3ccccc3)c(N(c3ccc4oc5cccnc5c4c3)c3ccc4oc5cccnc5c4c3)cc21. The molecule has 4 heterocycles. The molecule has 4 aromatic heterocycles. The molecule has 0 radical (unpaired) electrons. The van der Waals surface area contributed by atoms with Crippen LogP contribution in [0.2, 0.25) is 0 Å². The topological polar surface area (TPSA) is 55.3 Å². The Hall–Kier alpha value is -6.20. The third-order valence-corrected chi connectivity index (χ3v) is 9.96. The minimum Gasteiger partial charge on any atom is -0.454 e. The van der Waals surface area contributed by atoms with Crippen LogP contribution in [0.3, 0.4) is 0 Å². The monoisotopic (exact) mass is 619 g/mol. The Kier molecular flexibility index (Phi) is 5.56. The van der Waals surface area contributed by atoms with Crippen LogP contribution in [0.5, 0.6) is 0 Å². The van der Waals surface area contributed by atoms with Crippen molar-refractivity contribution in [3.05, 3.63) is 151 Å². The number of aromatic nitrogens is 2. The zero-order chi connectivity index (χ0) is 32.0. The number of hydrogen-bond donors (Lipinski definition) is 0. The van der Waals surface area contributed by atoms with Gasteiger partial charge in [-0.2, -0.15) is 0 Å². The summed E-state index contributed by atoms with van der Waals surface area (Å²) in [4.78, 5) is 11.8. The molecule has 5 aromatic carbocycles. The van der Waals surface area contributed by atoms with E-state index in [0.717, 1.165) is 72.3 Å². The second-order valence-electron chi connectivity index (χ2n) is 13.1. The highest BCUT2D eigenvalue weighted by molar-refractivity contribution is 6.07. The molecule has 0 amide bonds. The molecule has 0 aliphatic heterocycles. The van der Waals surface area contributed by atoms with E-state index in [2.05, 4.69) is 122 Å². The quantitative estimate of drug-likeness (QED) is 0.196. The maximum Gasteiger partial charge on any atom is 0.153 e. The van der Waals surface area contributed by atoms with E-state index in [9.17, 15) is 0 Å². The van der Waals surface area contributed by atoms with Gasteiger partial charge >= 0.3 is 0 Å². The summed E-state index contributed by atoms with van der Waals surface area (Å²) in [6.07, 6.45) is 3.64. The zero-order valence-electron chi connectivity index (χ0n) is 26.4. The lowest BCUT2D eigenvalue weighted by Crippen LogP contribution is -2.17. The summed E-state index contributed by atoms with van der Waals surface area (Å²) >= 11 is 0. The molecule has 0 spiro atoms. The molecule has 228 valence electrons. The van der Waals surface area contributed by atoms with E-state index in [4.69, 9.17) is 18.8 Å². The third-order valence-electron chi connectivity index (χ3n) is 9.96. The van der Waals surface area contributed by atoms with Crippen LogP contribution in [-0.2, 0) is 5.41 Å². The van der Waals surface area contributed by atoms with Crippen LogP contribution in [0.1, 0.15) is 25.0 Å². The Labute approximate surface area is 276 Å². The Balaban J connectivity index is 1.30. The van der Waals surface area contributed by atoms with Gasteiger partial charge in [-0.25, -0.2) is 0 Å². The molecular formula is C43H29N3O2. The third kappa shape index (κ3) is 3.85. The number of furan rings is 2. The number of hydrogen-bond acceptors (Lipinski definition) is 5. The van der Waals surface area contributed by atoms with Crippen molar-refractivity contribution >= 4 is 61.2 Å². The molecule has 5 nitrogen and oxygen atoms in total. The fourth-order valence-electron chi connectivity index (χ4n) is 7.65. The number of pyridine rings is 2. The number of rotatable bonds is 4. The lowest BCUT2D eigenvalue weighted by Gasteiger charge is -2.30. The molecule has 0 N–H and O–H groups in total. The van der Waals surface area contributed by atoms with Gasteiger partial charge in [-0.05, 0) is 101 Å². The number of anilines is 3. The van der Waals surface area contributed by atoms with E-state index in [1.807, 2.05) is 36.7 Å². The minimum absolute atomic E-state index is 0.176. The van der Waals surface area contributed by atoms with Gasteiger partial charge < -0.3 is 13.7 Å². The van der Waals surface area contributed by atoms with Gasteiger partial charge in [0.1, 0.15) is 22.2 Å². The molecule has 9 aromatic rings. The second kappa shape index (κ2) is 9.90. The van der Waals surface area contributed by atoms with Gasteiger partial charge in [-0.3, -0.25) is 9.97 Å². The molecule has 0 saturated heterocycles. The van der Waals surface area contributed by atoms with Crippen molar-refractivity contribution in [1.82, 2.24) is 9.97 Å². The fourth-order valence-corrected chi connectivity index (χ4v) is 7.65. The van der Waals surface area contributed by atoms with Gasteiger partial charge in [0.15, 0.2) is 11.2 Å². The molecular weight excluding hydrogens is 590 g/mol. The Morgan fingerprint density at radius 1 is 0.500 bits per heavy atom. The van der Waals surface area contributed by atoms with Crippen molar-refractivity contribution < 1.29 is 8.83 Å². The van der Waals surface area contributed by atoms with Crippen LogP contribution >= 0.6 is 0 Å². The Morgan fingerprint density at radius 3 is 1.75 bits per heavy atom. The summed E-state index contributed by atoms with van der Waals surface area (Å²) in [6.45, 7) is 4.66. The highest BCUT2D eigenvalue weighted by atomic mass is 16.3. The first-order valence-electron chi connectivity index (χ1n) is 16.2. The summed E-state index contributed by atoms with van der Waals surface area (Å²) < 4.78 is 12.4. The predicted molar refractivity (Wildman–Crippen MR) is 194 cm³/mol. The molecule has 5 heteroatoms. The van der Waals surface area contributed by atoms with Crippen LogP contribution in [0.4, 0.5) is 17.1 Å². The highest BCUT2D eigenvalue weighted by Crippen LogP contribution is 2.53. The van der Waals surface area contributed by atoms with Crippen molar-refractivity contribution in [2.75, 3.05) is 4.90 Å². The molecule has 0 fully saturated rings. The first kappa shape index (κ1) is 27.0. The van der Waals surface area contributed by atoms with Crippen LogP contribution in [0.15, 0.2) is 149 Å². The Morgan fingerprint density at radius 2 is 1.10 bits per heavy atom. The van der Waals surface area contributed by atoms with E-state index in [1.165, 1.54) is 22.3 Å². The number of fused-ring (bicyclic) bond motifs is 9. The minimum atomic E-state index is -0.176. The van der Waals surface area contributed by atoms with Crippen molar-refractivity contribution in [2.45, 2.75) is 19.3 Å². The number of nitrogens with zero attached hydrogens (tertiary/aromatic N) is 3. The smallest absolute Gasteiger partial charge is 0.153 e. The average molecular weight is 620 g/mol. The summed E-state index contributed by atoms with van der Waals surface area (Å²) in [6, 6.07) is 44.9. The molecule has 10 rings (SSSR count). The van der Waals surface area contributed by atoms with E-state index in [-0.39, 0.29) is 5.41 Å². The van der Waals surface area contributed by atoms with Crippen molar-refractivity contribution in [3.63, 3.8) is 0 Å². The molecule has 1 aliphatic carbocycles. The summed E-state index contributed by atoms with van der Waals surface area (Å²) in [5.74, 6) is 0. The normalized spacial score (nSPS) is 13.4. The Bertz CT molecular complexity index is 2610. The van der Waals surface area contributed by atoms with Crippen molar-refractivity contribution in [2.24, 2.45) is 0 Å². The maximum absolute atomic E-state index is 6.21. The lowest BCUT2D eigenvalue weighted by molar-refractivity contribution is 0.660. The van der Waals surface area contributed by atoms with Gasteiger partial charge in [-0.15, -0.1) is 0 Å². The maximum atomic E-state index is 6.21. The van der Waals surface area contributed by atoms with Gasteiger partial charge in [0.2, 0.25) is 0 Å². The van der Waals surface area contributed by atoms with E-state index in [0.29, 0.717) is 0 Å². The average Bonchev–Trinajstić information content (AvgIpc) is 3.76. The van der Waals surface area contributed by atoms with E-state index < -0.39 is 0 Å². The standard InChI is InChI=1S/C43H29N3O2/c1-43(2)34-13-7-6-12-29(34)31-24-30(26-10-4-3-5-11-26)36(25-35(31)43)46(27-16-18-37-32(22-27)41-39(47-37)14-8-20-44-41)28-17-19-38-33(23-28)42-40(48-38)15-9-21-45-42/h3-25H,1-2H3. The van der Waals surface area contributed by atoms with Crippen LogP contribution < -0.4 is 4.90 Å². The van der Waals surface area contributed by atoms with Crippen molar-refractivity contribution in [3.8, 4) is 22.3 Å². The van der Waals surface area contributed by atoms with E-state index >= 15 is 0 Å². The highest BCUT2D eigenvalue weighted by Gasteiger charge is 2.37. The summed E-state index contributed by atoms with van der Waals surface area (Å²) in [5, 5.41) is 1.94. The fraction of sp³-hybridized carbons (Fsp3) is 0.0698. The summed E-state index contributed by atoms with van der Waals surface area (Å²) in [7, 11) is 0. The van der Waals surface area contributed by atoms with Gasteiger partial charge in [-0.1, -0.05) is 68.4 Å². The molecule has 0 unspecified atom stereocenters. The predicted octanol–water partition coefficient (Wildman–Crippen LogP) is 11.7. The van der Waals surface area contributed by atoms with Crippen LogP contribution in [-0.4, -0.2) is 9.97 Å². The van der Waals surface area contributed by atoms with Gasteiger partial charge in [0.05, 0.1) is 5.69 Å². The van der Waals surface area contributed by atoms with Gasteiger partial charge in [0, 0.05) is 45.5 Å². The molecule has 48 heavy (non-hydrogen) atoms. The van der Waals surface area contributed by atoms with Crippen LogP contribution in [0.25, 0.3) is 66.4 Å². The second-order valence-corrected chi connectivity index (χ2v) is 13.1. The van der Waals surface area contributed by atoms with Crippen LogP contribution in [0, 0.1) is 0 Å². The zero-order valence-corrected chi connectivity index (χ0v) is 26.4. The molecule has 0 saturated carbocycles. The van der Waals surface area contributed by atoms with E-state index in [1.54, 1.807) is 0 Å².